The molecule has 0 unspecified atom stereocenters. The molecule has 0 aliphatic heterocycles. The van der Waals surface area contributed by atoms with Gasteiger partial charge in [0.25, 0.3) is 0 Å². The molecule has 0 radical (unpaired) electrons. The smallest absolute Gasteiger partial charge is 0.328 e. The zero-order valence-electron chi connectivity index (χ0n) is 15.7. The highest BCUT2D eigenvalue weighted by molar-refractivity contribution is 5.94. The zero-order chi connectivity index (χ0) is 22.7. The minimum absolute atomic E-state index is 0.316. The van der Waals surface area contributed by atoms with Crippen LogP contribution in [0.25, 0.3) is 0 Å². The van der Waals surface area contributed by atoms with Crippen LogP contribution in [0.1, 0.15) is 19.8 Å². The van der Waals surface area contributed by atoms with Gasteiger partial charge in [0, 0.05) is 6.42 Å². The minimum Gasteiger partial charge on any atom is -0.480 e. The Hall–Kier alpha value is -2.81. The zero-order valence-corrected chi connectivity index (χ0v) is 15.7. The number of primary amides is 1. The van der Waals surface area contributed by atoms with Gasteiger partial charge in [0.1, 0.15) is 24.2 Å². The maximum absolute atomic E-state index is 12.3. The van der Waals surface area contributed by atoms with Crippen LogP contribution >= 0.6 is 0 Å². The molecule has 0 rings (SSSR count). The first-order chi connectivity index (χ1) is 13.4. The highest BCUT2D eigenvalue weighted by atomic mass is 16.4. The topological polar surface area (TPSA) is 254 Å². The summed E-state index contributed by atoms with van der Waals surface area (Å²) in [6.45, 7) is -0.574. The average molecular weight is 421 g/mol. The van der Waals surface area contributed by atoms with Crippen LogP contribution in [0.5, 0.6) is 0 Å². The third-order valence-corrected chi connectivity index (χ3v) is 3.75. The molecule has 0 saturated carbocycles. The van der Waals surface area contributed by atoms with Crippen molar-refractivity contribution in [3.8, 4) is 0 Å². The van der Waals surface area contributed by atoms with Gasteiger partial charge in [0.05, 0.1) is 19.3 Å². The van der Waals surface area contributed by atoms with E-state index in [9.17, 15) is 34.2 Å². The Labute approximate surface area is 165 Å². The molecule has 14 nitrogen and oxygen atoms in total. The van der Waals surface area contributed by atoms with Gasteiger partial charge in [-0.05, 0) is 13.3 Å². The number of hydrogen-bond acceptors (Lipinski definition) is 9. The Bertz CT molecular complexity index is 613. The molecule has 0 aliphatic rings. The second-order valence-electron chi connectivity index (χ2n) is 6.16. The monoisotopic (exact) mass is 421 g/mol. The molecule has 0 spiro atoms. The lowest BCUT2D eigenvalue weighted by Crippen LogP contribution is -2.59. The summed E-state index contributed by atoms with van der Waals surface area (Å²) >= 11 is 0. The second-order valence-corrected chi connectivity index (χ2v) is 6.16. The molecular weight excluding hydrogens is 394 g/mol. The highest BCUT2D eigenvalue weighted by Crippen LogP contribution is 2.01. The van der Waals surface area contributed by atoms with Gasteiger partial charge in [-0.2, -0.15) is 0 Å². The minimum atomic E-state index is -1.66. The van der Waals surface area contributed by atoms with Gasteiger partial charge in [-0.25, -0.2) is 4.79 Å². The summed E-state index contributed by atoms with van der Waals surface area (Å²) in [6, 6.07) is -6.05. The summed E-state index contributed by atoms with van der Waals surface area (Å²) in [5, 5.41) is 42.7. The Morgan fingerprint density at radius 2 is 1.31 bits per heavy atom. The molecule has 5 atom stereocenters. The Morgan fingerprint density at radius 1 is 0.862 bits per heavy atom. The second kappa shape index (κ2) is 12.6. The number of hydrogen-bond donors (Lipinski definition) is 9. The van der Waals surface area contributed by atoms with E-state index in [1.165, 1.54) is 6.92 Å². The summed E-state index contributed by atoms with van der Waals surface area (Å²) < 4.78 is 0. The van der Waals surface area contributed by atoms with Crippen LogP contribution in [0.4, 0.5) is 0 Å². The van der Waals surface area contributed by atoms with Crippen LogP contribution in [0, 0.1) is 0 Å². The normalized spacial score (nSPS) is 15.9. The number of nitrogens with one attached hydrogen (secondary N) is 3. The fraction of sp³-hybridized carbons (Fsp3) is 0.667. The van der Waals surface area contributed by atoms with Crippen LogP contribution in [0.3, 0.4) is 0 Å². The van der Waals surface area contributed by atoms with Crippen molar-refractivity contribution < 1.29 is 44.4 Å². The van der Waals surface area contributed by atoms with E-state index in [-0.39, 0.29) is 12.8 Å². The van der Waals surface area contributed by atoms with Crippen molar-refractivity contribution in [1.82, 2.24) is 16.0 Å². The summed E-state index contributed by atoms with van der Waals surface area (Å²) in [6.07, 6.45) is -1.90. The molecule has 29 heavy (non-hydrogen) atoms. The Balaban J connectivity index is 5.24. The van der Waals surface area contributed by atoms with E-state index in [0.717, 1.165) is 0 Å². The molecule has 4 amide bonds. The number of aliphatic carboxylic acids is 1. The van der Waals surface area contributed by atoms with E-state index in [2.05, 4.69) is 10.6 Å². The maximum Gasteiger partial charge on any atom is 0.328 e. The number of carbonyl (C=O) groups is 5. The van der Waals surface area contributed by atoms with Crippen molar-refractivity contribution in [3.63, 3.8) is 0 Å². The summed E-state index contributed by atoms with van der Waals surface area (Å²) in [5.74, 6) is -5.36. The largest absolute Gasteiger partial charge is 0.480 e. The highest BCUT2D eigenvalue weighted by Gasteiger charge is 2.30. The number of aliphatic hydroxyl groups excluding tert-OH is 3. The molecule has 14 heteroatoms. The average Bonchev–Trinajstić information content (AvgIpc) is 2.65. The number of carbonyl (C=O) groups excluding carboxylic acids is 4. The molecule has 0 aromatic heterocycles. The van der Waals surface area contributed by atoms with Gasteiger partial charge in [-0.3, -0.25) is 19.2 Å². The van der Waals surface area contributed by atoms with Crippen molar-refractivity contribution in [3.05, 3.63) is 0 Å². The standard InChI is InChI=1S/C15H27N5O9/c1-6(23)11(17)14(27)19-8(4-21)13(26)18-7(2-3-10(16)24)12(25)20-9(5-22)15(28)29/h6-9,11,21-23H,2-5,17H2,1H3,(H2,16,24)(H,18,26)(H,19,27)(H,20,25)(H,28,29)/t6-,7+,8+,9+,11+/m1/s1. The van der Waals surface area contributed by atoms with E-state index in [4.69, 9.17) is 21.7 Å². The van der Waals surface area contributed by atoms with Crippen LogP contribution in [-0.4, -0.2) is 93.5 Å². The molecular formula is C15H27N5O9. The Kier molecular flexibility index (Phi) is 11.4. The molecule has 0 aromatic carbocycles. The number of carboxylic acid groups (broad SMARTS) is 1. The van der Waals surface area contributed by atoms with E-state index in [1.807, 2.05) is 5.32 Å². The molecule has 0 aromatic rings. The first-order valence-corrected chi connectivity index (χ1v) is 8.52. The third-order valence-electron chi connectivity index (χ3n) is 3.75. The summed E-state index contributed by atoms with van der Waals surface area (Å²) in [7, 11) is 0. The quantitative estimate of drug-likeness (QED) is 0.136. The Morgan fingerprint density at radius 3 is 1.72 bits per heavy atom. The van der Waals surface area contributed by atoms with Gasteiger partial charge >= 0.3 is 5.97 Å². The van der Waals surface area contributed by atoms with Crippen LogP contribution in [0.2, 0.25) is 0 Å². The number of nitrogens with two attached hydrogens (primary N) is 2. The van der Waals surface area contributed by atoms with E-state index in [0.29, 0.717) is 0 Å². The maximum atomic E-state index is 12.3. The lowest BCUT2D eigenvalue weighted by Gasteiger charge is -2.24. The number of amides is 4. The first kappa shape index (κ1) is 26.2. The molecule has 11 N–H and O–H groups in total. The number of aliphatic hydroxyl groups is 3. The summed E-state index contributed by atoms with van der Waals surface area (Å²) in [5.41, 5.74) is 10.4. The third kappa shape index (κ3) is 9.29. The fourth-order valence-electron chi connectivity index (χ4n) is 1.97. The molecule has 0 bridgehead atoms. The van der Waals surface area contributed by atoms with Gasteiger partial charge in [0.2, 0.25) is 23.6 Å². The van der Waals surface area contributed by atoms with Crippen molar-refractivity contribution in [1.29, 1.82) is 0 Å². The lowest BCUT2D eigenvalue weighted by atomic mass is 10.1. The SMILES string of the molecule is C[C@@H](O)[C@H](N)C(=O)N[C@@H](CO)C(=O)N[C@@H](CCC(N)=O)C(=O)N[C@@H](CO)C(=O)O. The molecule has 0 fully saturated rings. The van der Waals surface area contributed by atoms with Crippen LogP contribution < -0.4 is 27.4 Å². The van der Waals surface area contributed by atoms with Gasteiger partial charge in [-0.15, -0.1) is 0 Å². The van der Waals surface area contributed by atoms with Crippen molar-refractivity contribution in [2.45, 2.75) is 50.0 Å². The van der Waals surface area contributed by atoms with Crippen molar-refractivity contribution in [2.75, 3.05) is 13.2 Å². The molecule has 0 heterocycles. The van der Waals surface area contributed by atoms with Crippen molar-refractivity contribution in [2.24, 2.45) is 11.5 Å². The van der Waals surface area contributed by atoms with Gasteiger partial charge in [0.15, 0.2) is 0 Å². The van der Waals surface area contributed by atoms with Crippen molar-refractivity contribution >= 4 is 29.6 Å². The van der Waals surface area contributed by atoms with E-state index in [1.54, 1.807) is 0 Å². The number of carboxylic acids is 1. The fourth-order valence-corrected chi connectivity index (χ4v) is 1.97. The molecule has 0 saturated heterocycles. The van der Waals surface area contributed by atoms with Crippen LogP contribution in [-0.2, 0) is 24.0 Å². The van der Waals surface area contributed by atoms with Crippen LogP contribution in [0.15, 0.2) is 0 Å². The lowest BCUT2D eigenvalue weighted by molar-refractivity contribution is -0.143. The molecule has 0 aliphatic carbocycles. The van der Waals surface area contributed by atoms with Gasteiger partial charge < -0.3 is 47.8 Å². The predicted octanol–water partition coefficient (Wildman–Crippen LogP) is -5.52. The molecule has 166 valence electrons. The van der Waals surface area contributed by atoms with E-state index >= 15 is 0 Å². The first-order valence-electron chi connectivity index (χ1n) is 8.52. The van der Waals surface area contributed by atoms with Gasteiger partial charge in [-0.1, -0.05) is 0 Å². The predicted molar refractivity (Wildman–Crippen MR) is 95.7 cm³/mol. The summed E-state index contributed by atoms with van der Waals surface area (Å²) in [4.78, 5) is 58.3. The van der Waals surface area contributed by atoms with E-state index < -0.39 is 73.1 Å². The number of rotatable bonds is 13.